The quantitative estimate of drug-likeness (QED) is 0.867. The normalized spacial score (nSPS) is 14.4. The average Bonchev–Trinajstić information content (AvgIpc) is 2.85. The zero-order chi connectivity index (χ0) is 15.3. The van der Waals surface area contributed by atoms with Crippen LogP contribution in [-0.4, -0.2) is 14.9 Å². The van der Waals surface area contributed by atoms with E-state index in [1.54, 1.807) is 4.40 Å². The Kier molecular flexibility index (Phi) is 3.12. The molecular weight excluding hydrogens is 264 g/mol. The van der Waals surface area contributed by atoms with Gasteiger partial charge in [-0.1, -0.05) is 13.3 Å². The van der Waals surface area contributed by atoms with Crippen molar-refractivity contribution in [2.45, 2.75) is 47.0 Å². The number of aryl methyl sites for hydroxylation is 2. The molecule has 0 radical (unpaired) electrons. The minimum absolute atomic E-state index is 0.145. The number of rotatable bonds is 3. The van der Waals surface area contributed by atoms with E-state index in [2.05, 4.69) is 6.92 Å². The van der Waals surface area contributed by atoms with Gasteiger partial charge in [-0.3, -0.25) is 9.20 Å². The van der Waals surface area contributed by atoms with Gasteiger partial charge in [0.2, 0.25) is 0 Å². The van der Waals surface area contributed by atoms with Crippen molar-refractivity contribution in [2.24, 2.45) is 0 Å². The maximum absolute atomic E-state index is 12.7. The van der Waals surface area contributed by atoms with Gasteiger partial charge in [0.25, 0.3) is 5.91 Å². The molecule has 0 atom stereocenters. The molecule has 0 aromatic carbocycles. The zero-order valence-electron chi connectivity index (χ0n) is 13.0. The predicted octanol–water partition coefficient (Wildman–Crippen LogP) is 3.34. The number of carbonyl (C=O) groups excluding carboxylic acids is 1. The standard InChI is InChI=1S/C17H20N2O2/c1-5-6-7-13-12(4)15-9-14-10(2)8-11(3)18(14)17(21)19(15)16(13)20/h8-9H,5-7H2,1-4H3. The van der Waals surface area contributed by atoms with Crippen molar-refractivity contribution in [2.75, 3.05) is 0 Å². The van der Waals surface area contributed by atoms with E-state index in [1.807, 2.05) is 32.9 Å². The van der Waals surface area contributed by atoms with Crippen LogP contribution in [0.1, 0.15) is 54.9 Å². The Labute approximate surface area is 123 Å². The molecule has 0 saturated heterocycles. The fraction of sp³-hybridized carbons (Fsp3) is 0.412. The molecule has 0 N–H and O–H groups in total. The van der Waals surface area contributed by atoms with Crippen molar-refractivity contribution in [3.05, 3.63) is 45.1 Å². The monoisotopic (exact) mass is 284 g/mol. The zero-order valence-corrected chi connectivity index (χ0v) is 13.0. The highest BCUT2D eigenvalue weighted by Gasteiger charge is 2.29. The van der Waals surface area contributed by atoms with Crippen LogP contribution in [-0.2, 0) is 0 Å². The molecule has 0 aliphatic carbocycles. The van der Waals surface area contributed by atoms with Gasteiger partial charge >= 0.3 is 5.69 Å². The lowest BCUT2D eigenvalue weighted by molar-refractivity contribution is 0.0951. The smallest absolute Gasteiger partial charge is 0.269 e. The Morgan fingerprint density at radius 1 is 1.10 bits per heavy atom. The summed E-state index contributed by atoms with van der Waals surface area (Å²) in [5.41, 5.74) is 5.08. The van der Waals surface area contributed by atoms with Crippen molar-refractivity contribution in [1.29, 1.82) is 0 Å². The van der Waals surface area contributed by atoms with Crippen LogP contribution in [0.2, 0.25) is 0 Å². The minimum atomic E-state index is -0.246. The van der Waals surface area contributed by atoms with Gasteiger partial charge in [-0.25, -0.2) is 9.36 Å². The summed E-state index contributed by atoms with van der Waals surface area (Å²) in [5, 5.41) is 0. The molecule has 3 rings (SSSR count). The highest BCUT2D eigenvalue weighted by molar-refractivity contribution is 6.08. The van der Waals surface area contributed by atoms with Crippen LogP contribution in [0.4, 0.5) is 0 Å². The number of unbranched alkanes of at least 4 members (excludes halogenated alkanes) is 1. The lowest BCUT2D eigenvalue weighted by atomic mass is 10.0. The first-order chi connectivity index (χ1) is 9.97. The van der Waals surface area contributed by atoms with Crippen molar-refractivity contribution in [3.8, 4) is 0 Å². The predicted molar refractivity (Wildman–Crippen MR) is 83.9 cm³/mol. The highest BCUT2D eigenvalue weighted by atomic mass is 16.2. The molecule has 4 nitrogen and oxygen atoms in total. The molecule has 2 aromatic heterocycles. The number of hydrogen-bond donors (Lipinski definition) is 0. The van der Waals surface area contributed by atoms with E-state index in [0.29, 0.717) is 0 Å². The lowest BCUT2D eigenvalue weighted by Gasteiger charge is -2.06. The Balaban J connectivity index is 2.29. The second-order valence-electron chi connectivity index (χ2n) is 5.85. The van der Waals surface area contributed by atoms with Gasteiger partial charge in [-0.15, -0.1) is 0 Å². The highest BCUT2D eigenvalue weighted by Crippen LogP contribution is 2.30. The Hall–Kier alpha value is -2.10. The summed E-state index contributed by atoms with van der Waals surface area (Å²) in [4.78, 5) is 25.3. The van der Waals surface area contributed by atoms with Crippen LogP contribution in [0.3, 0.4) is 0 Å². The van der Waals surface area contributed by atoms with E-state index in [-0.39, 0.29) is 11.6 Å². The molecule has 2 aromatic rings. The molecule has 0 bridgehead atoms. The first-order valence-electron chi connectivity index (χ1n) is 7.47. The molecule has 21 heavy (non-hydrogen) atoms. The van der Waals surface area contributed by atoms with E-state index in [9.17, 15) is 9.59 Å². The molecular formula is C17H20N2O2. The molecule has 0 fully saturated rings. The number of fused-ring (bicyclic) bond motifs is 2. The molecule has 3 heterocycles. The molecule has 0 amide bonds. The Morgan fingerprint density at radius 3 is 2.48 bits per heavy atom. The second-order valence-corrected chi connectivity index (χ2v) is 5.85. The molecule has 1 aliphatic rings. The summed E-state index contributed by atoms with van der Waals surface area (Å²) in [6.45, 7) is 7.94. The number of hydrogen-bond acceptors (Lipinski definition) is 2. The SMILES string of the molecule is CCCCC1=C(C)c2cc3c(C)cc(C)n3c(=O)n2C1=O. The maximum atomic E-state index is 12.7. The summed E-state index contributed by atoms with van der Waals surface area (Å²) in [5.74, 6) is -0.145. The van der Waals surface area contributed by atoms with E-state index in [4.69, 9.17) is 0 Å². The number of nitrogens with zero attached hydrogens (tertiary/aromatic N) is 2. The Morgan fingerprint density at radius 2 is 1.81 bits per heavy atom. The fourth-order valence-electron chi connectivity index (χ4n) is 3.22. The summed E-state index contributed by atoms with van der Waals surface area (Å²) in [6, 6.07) is 3.95. The topological polar surface area (TPSA) is 43.5 Å². The molecule has 0 unspecified atom stereocenters. The van der Waals surface area contributed by atoms with Crippen molar-refractivity contribution in [3.63, 3.8) is 0 Å². The molecule has 0 saturated carbocycles. The summed E-state index contributed by atoms with van der Waals surface area (Å²) in [6.07, 6.45) is 2.75. The third kappa shape index (κ3) is 1.82. The molecule has 1 aliphatic heterocycles. The van der Waals surface area contributed by atoms with Gasteiger partial charge in [-0.2, -0.15) is 0 Å². The second kappa shape index (κ2) is 4.72. The third-order valence-corrected chi connectivity index (χ3v) is 4.40. The van der Waals surface area contributed by atoms with Crippen molar-refractivity contribution in [1.82, 2.24) is 8.97 Å². The van der Waals surface area contributed by atoms with Crippen LogP contribution >= 0.6 is 0 Å². The first-order valence-corrected chi connectivity index (χ1v) is 7.47. The van der Waals surface area contributed by atoms with Crippen LogP contribution in [0.5, 0.6) is 0 Å². The first kappa shape index (κ1) is 13.9. The number of allylic oxidation sites excluding steroid dienone is 2. The van der Waals surface area contributed by atoms with Crippen LogP contribution in [0.15, 0.2) is 22.5 Å². The molecule has 0 spiro atoms. The van der Waals surface area contributed by atoms with E-state index in [1.165, 1.54) is 4.57 Å². The average molecular weight is 284 g/mol. The largest absolute Gasteiger partial charge is 0.340 e. The number of carbonyl (C=O) groups is 1. The maximum Gasteiger partial charge on any atom is 0.340 e. The molecule has 110 valence electrons. The van der Waals surface area contributed by atoms with Gasteiger partial charge in [-0.05, 0) is 56.9 Å². The summed E-state index contributed by atoms with van der Waals surface area (Å²) < 4.78 is 2.96. The van der Waals surface area contributed by atoms with E-state index in [0.717, 1.165) is 52.9 Å². The van der Waals surface area contributed by atoms with E-state index < -0.39 is 0 Å². The van der Waals surface area contributed by atoms with Crippen molar-refractivity contribution >= 4 is 17.0 Å². The number of aromatic nitrogens is 2. The summed E-state index contributed by atoms with van der Waals surface area (Å²) in [7, 11) is 0. The Bertz CT molecular complexity index is 850. The van der Waals surface area contributed by atoms with Gasteiger partial charge < -0.3 is 0 Å². The fourth-order valence-corrected chi connectivity index (χ4v) is 3.22. The third-order valence-electron chi connectivity index (χ3n) is 4.40. The van der Waals surface area contributed by atoms with E-state index >= 15 is 0 Å². The van der Waals surface area contributed by atoms with Crippen LogP contribution < -0.4 is 5.69 Å². The van der Waals surface area contributed by atoms with Gasteiger partial charge in [0.05, 0.1) is 11.2 Å². The lowest BCUT2D eigenvalue weighted by Crippen LogP contribution is -2.31. The minimum Gasteiger partial charge on any atom is -0.269 e. The van der Waals surface area contributed by atoms with Crippen LogP contribution in [0.25, 0.3) is 11.1 Å². The molecule has 4 heteroatoms. The van der Waals surface area contributed by atoms with Gasteiger partial charge in [0.15, 0.2) is 0 Å². The van der Waals surface area contributed by atoms with Gasteiger partial charge in [0.1, 0.15) is 0 Å². The summed E-state index contributed by atoms with van der Waals surface area (Å²) >= 11 is 0. The van der Waals surface area contributed by atoms with Crippen molar-refractivity contribution < 1.29 is 4.79 Å². The van der Waals surface area contributed by atoms with Gasteiger partial charge in [0, 0.05) is 11.3 Å². The van der Waals surface area contributed by atoms with Crippen LogP contribution in [0, 0.1) is 13.8 Å².